The van der Waals surface area contributed by atoms with E-state index in [1.54, 1.807) is 48.5 Å². The van der Waals surface area contributed by atoms with Gasteiger partial charge in [0.05, 0.1) is 0 Å². The number of nitrogens with one attached hydrogen (secondary N) is 4. The Hall–Kier alpha value is -3.17. The van der Waals surface area contributed by atoms with Crippen molar-refractivity contribution in [1.82, 2.24) is 10.6 Å². The Morgan fingerprint density at radius 1 is 0.759 bits per heavy atom. The molecular weight excluding hydrogens is 376 g/mol. The van der Waals surface area contributed by atoms with Gasteiger partial charge in [-0.2, -0.15) is 0 Å². The zero-order chi connectivity index (χ0) is 21.3. The highest BCUT2D eigenvalue weighted by Gasteiger charge is 1.96. The van der Waals surface area contributed by atoms with Gasteiger partial charge in [0.15, 0.2) is 0 Å². The third-order valence-corrected chi connectivity index (χ3v) is 3.37. The van der Waals surface area contributed by atoms with Crippen LogP contribution in [0.1, 0.15) is 13.8 Å². The van der Waals surface area contributed by atoms with E-state index in [0.717, 1.165) is 11.4 Å². The molecule has 0 aliphatic heterocycles. The van der Waals surface area contributed by atoms with E-state index in [1.807, 2.05) is 13.8 Å². The summed E-state index contributed by atoms with van der Waals surface area (Å²) in [6, 6.07) is 13.2. The number of benzene rings is 2. The molecule has 0 aromatic heterocycles. The molecule has 2 aromatic carbocycles. The van der Waals surface area contributed by atoms with Crippen LogP contribution in [0.4, 0.5) is 16.2 Å². The van der Waals surface area contributed by atoms with Gasteiger partial charge in [-0.15, -0.1) is 0 Å². The molecule has 0 aliphatic rings. The number of carbonyl (C=O) groups excluding carboxylic acids is 1. The molecule has 0 saturated carbocycles. The molecule has 2 amide bonds. The molecule has 2 rings (SSSR count). The lowest BCUT2D eigenvalue weighted by molar-refractivity contribution is 0.136. The van der Waals surface area contributed by atoms with Crippen LogP contribution in [0, 0.1) is 0 Å². The average molecular weight is 406 g/mol. The number of hydrogen-bond donors (Lipinski definition) is 6. The fourth-order valence-corrected chi connectivity index (χ4v) is 1.92. The van der Waals surface area contributed by atoms with Crippen LogP contribution in [0.3, 0.4) is 0 Å². The Labute approximate surface area is 171 Å². The first-order valence-corrected chi connectivity index (χ1v) is 9.28. The van der Waals surface area contributed by atoms with Gasteiger partial charge in [-0.3, -0.25) is 0 Å². The van der Waals surface area contributed by atoms with Gasteiger partial charge in [-0.05, 0) is 62.4 Å². The van der Waals surface area contributed by atoms with Crippen molar-refractivity contribution in [1.29, 1.82) is 0 Å². The van der Waals surface area contributed by atoms with E-state index in [9.17, 15) is 4.79 Å². The first kappa shape index (κ1) is 23.9. The molecule has 0 saturated heterocycles. The first-order valence-electron chi connectivity index (χ1n) is 9.28. The number of anilines is 2. The zero-order valence-corrected chi connectivity index (χ0v) is 16.8. The van der Waals surface area contributed by atoms with Crippen molar-refractivity contribution < 1.29 is 24.5 Å². The largest absolute Gasteiger partial charge is 0.508 e. The highest BCUT2D eigenvalue weighted by Crippen LogP contribution is 2.13. The fourth-order valence-electron chi connectivity index (χ4n) is 1.92. The second kappa shape index (κ2) is 14.8. The summed E-state index contributed by atoms with van der Waals surface area (Å²) in [6.07, 6.45) is 0. The number of carbonyl (C=O) groups is 1. The molecule has 0 unspecified atom stereocenters. The van der Waals surface area contributed by atoms with E-state index in [4.69, 9.17) is 19.7 Å². The first-order chi connectivity index (χ1) is 14.0. The van der Waals surface area contributed by atoms with Crippen LogP contribution >= 0.6 is 0 Å². The third kappa shape index (κ3) is 12.0. The number of rotatable bonds is 10. The topological polar surface area (TPSA) is 124 Å². The maximum Gasteiger partial charge on any atom is 0.316 e. The molecule has 0 spiro atoms. The fraction of sp³-hybridized carbons (Fsp3) is 0.350. The number of amides is 2. The maximum atomic E-state index is 11.0. The molecule has 29 heavy (non-hydrogen) atoms. The molecule has 160 valence electrons. The molecule has 0 aliphatic carbocycles. The number of phenols is 2. The lowest BCUT2D eigenvalue weighted by Gasteiger charge is -2.09. The van der Waals surface area contributed by atoms with Crippen molar-refractivity contribution >= 4 is 17.4 Å². The molecule has 0 bridgehead atoms. The predicted molar refractivity (Wildman–Crippen MR) is 113 cm³/mol. The molecule has 9 nitrogen and oxygen atoms in total. The highest BCUT2D eigenvalue weighted by atomic mass is 16.5. The van der Waals surface area contributed by atoms with Crippen LogP contribution in [0.15, 0.2) is 48.5 Å². The lowest BCUT2D eigenvalue weighted by atomic mass is 10.3. The minimum atomic E-state index is -0.253. The summed E-state index contributed by atoms with van der Waals surface area (Å²) in [5, 5.41) is 29.2. The van der Waals surface area contributed by atoms with Crippen molar-refractivity contribution in [3.63, 3.8) is 0 Å². The van der Waals surface area contributed by atoms with Crippen LogP contribution in [-0.2, 0) is 9.47 Å². The summed E-state index contributed by atoms with van der Waals surface area (Å²) < 4.78 is 10.2. The van der Waals surface area contributed by atoms with E-state index in [1.165, 1.54) is 0 Å². The summed E-state index contributed by atoms with van der Waals surface area (Å²) in [4.78, 5) is 11.0. The van der Waals surface area contributed by atoms with E-state index >= 15 is 0 Å². The monoisotopic (exact) mass is 406 g/mol. The van der Waals surface area contributed by atoms with Gasteiger partial charge >= 0.3 is 6.03 Å². The summed E-state index contributed by atoms with van der Waals surface area (Å²) >= 11 is 0. The Bertz CT molecular complexity index is 680. The Kier molecular flexibility index (Phi) is 12.2. The standard InChI is InChI=1S/C11H17N3O3.C9H13NO2/c1-2-12-11(16)14-8-17-7-13-9-3-5-10(15)6-4-9;1-2-12-7-10-8-3-5-9(11)6-4-8/h3-6,13,15H,2,7-8H2,1H3,(H2,12,14,16);3-6,10-11H,2,7H2,1H3. The van der Waals surface area contributed by atoms with Crippen molar-refractivity contribution in [2.24, 2.45) is 0 Å². The normalized spacial score (nSPS) is 9.72. The van der Waals surface area contributed by atoms with Gasteiger partial charge in [0.25, 0.3) is 0 Å². The van der Waals surface area contributed by atoms with Crippen molar-refractivity contribution in [2.45, 2.75) is 13.8 Å². The van der Waals surface area contributed by atoms with Crippen molar-refractivity contribution in [2.75, 3.05) is 44.0 Å². The summed E-state index contributed by atoms with van der Waals surface area (Å²) in [6.45, 7) is 5.98. The van der Waals surface area contributed by atoms with E-state index in [2.05, 4.69) is 21.3 Å². The summed E-state index contributed by atoms with van der Waals surface area (Å²) in [5.41, 5.74) is 1.78. The van der Waals surface area contributed by atoms with Crippen LogP contribution in [0.2, 0.25) is 0 Å². The Balaban J connectivity index is 0.000000308. The molecule has 0 atom stereocenters. The van der Waals surface area contributed by atoms with Gasteiger partial charge in [0.2, 0.25) is 0 Å². The Morgan fingerprint density at radius 3 is 1.69 bits per heavy atom. The molecule has 0 heterocycles. The minimum absolute atomic E-state index is 0.136. The third-order valence-electron chi connectivity index (χ3n) is 3.37. The lowest BCUT2D eigenvalue weighted by Crippen LogP contribution is -2.36. The second-order valence-corrected chi connectivity index (χ2v) is 5.61. The molecule has 6 N–H and O–H groups in total. The molecule has 0 radical (unpaired) electrons. The SMILES string of the molecule is CCNC(=O)NCOCNc1ccc(O)cc1.CCOCNc1ccc(O)cc1. The smallest absolute Gasteiger partial charge is 0.316 e. The van der Waals surface area contributed by atoms with Crippen LogP contribution in [0.5, 0.6) is 11.5 Å². The molecule has 9 heteroatoms. The summed E-state index contributed by atoms with van der Waals surface area (Å²) in [7, 11) is 0. The number of ether oxygens (including phenoxy) is 2. The van der Waals surface area contributed by atoms with Crippen molar-refractivity contribution in [3.05, 3.63) is 48.5 Å². The summed E-state index contributed by atoms with van der Waals surface area (Å²) in [5.74, 6) is 0.492. The Morgan fingerprint density at radius 2 is 1.24 bits per heavy atom. The van der Waals surface area contributed by atoms with Crippen molar-refractivity contribution in [3.8, 4) is 11.5 Å². The quantitative estimate of drug-likeness (QED) is 0.204. The highest BCUT2D eigenvalue weighted by molar-refractivity contribution is 5.73. The van der Waals surface area contributed by atoms with E-state index < -0.39 is 0 Å². The molecule has 0 fully saturated rings. The number of aromatic hydroxyl groups is 2. The van der Waals surface area contributed by atoms with E-state index in [-0.39, 0.29) is 31.0 Å². The van der Waals surface area contributed by atoms with Gasteiger partial charge in [0.1, 0.15) is 31.7 Å². The van der Waals surface area contributed by atoms with Gasteiger partial charge in [-0.25, -0.2) is 4.79 Å². The minimum Gasteiger partial charge on any atom is -0.508 e. The maximum absolute atomic E-state index is 11.0. The number of urea groups is 1. The average Bonchev–Trinajstić information content (AvgIpc) is 2.71. The molecular formula is C20H30N4O5. The van der Waals surface area contributed by atoms with Gasteiger partial charge < -0.3 is 41.0 Å². The predicted octanol–water partition coefficient (Wildman–Crippen LogP) is 2.85. The number of phenolic OH excluding ortho intramolecular Hbond substituents is 2. The van der Waals surface area contributed by atoms with Crippen LogP contribution in [0.25, 0.3) is 0 Å². The number of hydrogen-bond acceptors (Lipinski definition) is 7. The van der Waals surface area contributed by atoms with Crippen LogP contribution < -0.4 is 21.3 Å². The van der Waals surface area contributed by atoms with Crippen LogP contribution in [-0.4, -0.2) is 49.6 Å². The van der Waals surface area contributed by atoms with E-state index in [0.29, 0.717) is 19.9 Å². The van der Waals surface area contributed by atoms with Gasteiger partial charge in [-0.1, -0.05) is 0 Å². The zero-order valence-electron chi connectivity index (χ0n) is 16.8. The second-order valence-electron chi connectivity index (χ2n) is 5.61. The molecule has 2 aromatic rings. The van der Waals surface area contributed by atoms with Gasteiger partial charge in [0, 0.05) is 24.5 Å².